The summed E-state index contributed by atoms with van der Waals surface area (Å²) in [5.74, 6) is 1.42. The van der Waals surface area contributed by atoms with E-state index in [1.54, 1.807) is 25.6 Å². The number of hydrogen-bond donors (Lipinski definition) is 1. The number of methoxy groups -OCH3 is 1. The zero-order chi connectivity index (χ0) is 13.0. The molecule has 18 heavy (non-hydrogen) atoms. The van der Waals surface area contributed by atoms with E-state index in [4.69, 9.17) is 15.2 Å². The summed E-state index contributed by atoms with van der Waals surface area (Å²) in [6.45, 7) is 0.416. The summed E-state index contributed by atoms with van der Waals surface area (Å²) >= 11 is 3.34. The number of ether oxygens (including phenoxy) is 2. The molecule has 0 atom stereocenters. The molecule has 0 saturated heterocycles. The van der Waals surface area contributed by atoms with Crippen LogP contribution in [0, 0.1) is 0 Å². The van der Waals surface area contributed by atoms with Gasteiger partial charge in [0.05, 0.1) is 13.3 Å². The summed E-state index contributed by atoms with van der Waals surface area (Å²) < 4.78 is 11.7. The molecule has 2 N–H and O–H groups in total. The van der Waals surface area contributed by atoms with Gasteiger partial charge in [-0.2, -0.15) is 0 Å². The van der Waals surface area contributed by atoms with Crippen molar-refractivity contribution in [2.24, 2.45) is 0 Å². The second-order valence-electron chi connectivity index (χ2n) is 3.74. The minimum Gasteiger partial charge on any atom is -0.497 e. The average molecular weight is 309 g/mol. The van der Waals surface area contributed by atoms with Crippen LogP contribution in [-0.4, -0.2) is 12.1 Å². The fourth-order valence-electron chi connectivity index (χ4n) is 1.53. The summed E-state index contributed by atoms with van der Waals surface area (Å²) in [5.41, 5.74) is 7.38. The van der Waals surface area contributed by atoms with E-state index in [0.717, 1.165) is 15.8 Å². The first-order valence-electron chi connectivity index (χ1n) is 5.34. The van der Waals surface area contributed by atoms with Crippen LogP contribution in [0.2, 0.25) is 0 Å². The van der Waals surface area contributed by atoms with Crippen LogP contribution in [0.3, 0.4) is 0 Å². The lowest BCUT2D eigenvalue weighted by Gasteiger charge is -2.08. The maximum absolute atomic E-state index is 5.77. The quantitative estimate of drug-likeness (QED) is 0.882. The predicted octanol–water partition coefficient (Wildman–Crippen LogP) is 3.01. The standard InChI is InChI=1S/C13H13BrN2O2/c1-17-12-3-9(2-11(15)5-12)8-18-13-4-10(14)6-16-7-13/h2-7H,8,15H2,1H3. The molecular weight excluding hydrogens is 296 g/mol. The highest BCUT2D eigenvalue weighted by atomic mass is 79.9. The fraction of sp³-hybridized carbons (Fsp3) is 0.154. The molecule has 1 aromatic heterocycles. The molecule has 0 unspecified atom stereocenters. The molecule has 0 amide bonds. The SMILES string of the molecule is COc1cc(N)cc(COc2cncc(Br)c2)c1. The lowest BCUT2D eigenvalue weighted by atomic mass is 10.2. The number of rotatable bonds is 4. The Labute approximate surface area is 114 Å². The number of halogens is 1. The maximum Gasteiger partial charge on any atom is 0.139 e. The molecule has 0 aliphatic heterocycles. The van der Waals surface area contributed by atoms with Crippen LogP contribution in [0.1, 0.15) is 5.56 Å². The van der Waals surface area contributed by atoms with Gasteiger partial charge in [-0.1, -0.05) is 0 Å². The normalized spacial score (nSPS) is 10.1. The number of aromatic nitrogens is 1. The van der Waals surface area contributed by atoms with Gasteiger partial charge in [0.15, 0.2) is 0 Å². The summed E-state index contributed by atoms with van der Waals surface area (Å²) in [6.07, 6.45) is 3.37. The highest BCUT2D eigenvalue weighted by molar-refractivity contribution is 9.10. The zero-order valence-electron chi connectivity index (χ0n) is 9.89. The molecule has 1 heterocycles. The summed E-state index contributed by atoms with van der Waals surface area (Å²) in [4.78, 5) is 4.03. The van der Waals surface area contributed by atoms with Crippen LogP contribution >= 0.6 is 15.9 Å². The Bertz CT molecular complexity index is 546. The highest BCUT2D eigenvalue weighted by Crippen LogP contribution is 2.21. The second-order valence-corrected chi connectivity index (χ2v) is 4.66. The first-order valence-corrected chi connectivity index (χ1v) is 6.13. The molecule has 94 valence electrons. The van der Waals surface area contributed by atoms with E-state index in [-0.39, 0.29) is 0 Å². The fourth-order valence-corrected chi connectivity index (χ4v) is 1.87. The van der Waals surface area contributed by atoms with E-state index in [2.05, 4.69) is 20.9 Å². The third-order valence-corrected chi connectivity index (χ3v) is 2.74. The Kier molecular flexibility index (Phi) is 4.04. The van der Waals surface area contributed by atoms with Crippen molar-refractivity contribution in [3.05, 3.63) is 46.7 Å². The van der Waals surface area contributed by atoms with Gasteiger partial charge in [0.25, 0.3) is 0 Å². The van der Waals surface area contributed by atoms with Crippen molar-refractivity contribution >= 4 is 21.6 Å². The zero-order valence-corrected chi connectivity index (χ0v) is 11.5. The van der Waals surface area contributed by atoms with Crippen molar-refractivity contribution in [3.63, 3.8) is 0 Å². The third kappa shape index (κ3) is 3.37. The van der Waals surface area contributed by atoms with Crippen molar-refractivity contribution in [1.82, 2.24) is 4.98 Å². The molecule has 0 bridgehead atoms. The molecule has 2 aromatic rings. The van der Waals surface area contributed by atoms with Gasteiger partial charge >= 0.3 is 0 Å². The van der Waals surface area contributed by atoms with E-state index in [9.17, 15) is 0 Å². The summed E-state index contributed by atoms with van der Waals surface area (Å²) in [7, 11) is 1.61. The predicted molar refractivity (Wildman–Crippen MR) is 73.7 cm³/mol. The molecule has 5 heteroatoms. The average Bonchev–Trinajstić information content (AvgIpc) is 2.36. The van der Waals surface area contributed by atoms with E-state index >= 15 is 0 Å². The number of pyridine rings is 1. The largest absolute Gasteiger partial charge is 0.497 e. The Morgan fingerprint density at radius 1 is 1.17 bits per heavy atom. The highest BCUT2D eigenvalue weighted by Gasteiger charge is 2.01. The lowest BCUT2D eigenvalue weighted by Crippen LogP contribution is -1.98. The van der Waals surface area contributed by atoms with E-state index < -0.39 is 0 Å². The monoisotopic (exact) mass is 308 g/mol. The van der Waals surface area contributed by atoms with Crippen LogP contribution in [0.4, 0.5) is 5.69 Å². The Hall–Kier alpha value is -1.75. The van der Waals surface area contributed by atoms with E-state index in [0.29, 0.717) is 18.0 Å². The van der Waals surface area contributed by atoms with Gasteiger partial charge in [-0.3, -0.25) is 4.98 Å². The molecule has 0 fully saturated rings. The maximum atomic E-state index is 5.77. The lowest BCUT2D eigenvalue weighted by molar-refractivity contribution is 0.304. The number of anilines is 1. The van der Waals surface area contributed by atoms with Crippen molar-refractivity contribution in [2.75, 3.05) is 12.8 Å². The molecule has 1 aromatic carbocycles. The van der Waals surface area contributed by atoms with Crippen LogP contribution in [0.25, 0.3) is 0 Å². The first-order chi connectivity index (χ1) is 8.67. The van der Waals surface area contributed by atoms with Crippen LogP contribution in [-0.2, 0) is 6.61 Å². The van der Waals surface area contributed by atoms with Crippen LogP contribution in [0.5, 0.6) is 11.5 Å². The van der Waals surface area contributed by atoms with Crippen LogP contribution in [0.15, 0.2) is 41.1 Å². The molecule has 0 aliphatic rings. The molecule has 0 radical (unpaired) electrons. The number of nitrogens with two attached hydrogens (primary N) is 1. The van der Waals surface area contributed by atoms with Crippen molar-refractivity contribution in [1.29, 1.82) is 0 Å². The molecule has 2 rings (SSSR count). The number of nitrogen functional groups attached to an aromatic ring is 1. The van der Waals surface area contributed by atoms with Gasteiger partial charge in [-0.15, -0.1) is 0 Å². The van der Waals surface area contributed by atoms with Gasteiger partial charge in [0.1, 0.15) is 18.1 Å². The summed E-state index contributed by atoms with van der Waals surface area (Å²) in [6, 6.07) is 7.37. The first kappa shape index (κ1) is 12.7. The van der Waals surface area contributed by atoms with Crippen molar-refractivity contribution in [3.8, 4) is 11.5 Å². The molecule has 0 aliphatic carbocycles. The Morgan fingerprint density at radius 2 is 2.00 bits per heavy atom. The molecule has 0 spiro atoms. The third-order valence-electron chi connectivity index (χ3n) is 2.31. The van der Waals surface area contributed by atoms with E-state index in [1.807, 2.05) is 18.2 Å². The van der Waals surface area contributed by atoms with Gasteiger partial charge in [0, 0.05) is 22.4 Å². The smallest absolute Gasteiger partial charge is 0.139 e. The van der Waals surface area contributed by atoms with Crippen molar-refractivity contribution in [2.45, 2.75) is 6.61 Å². The topological polar surface area (TPSA) is 57.4 Å². The van der Waals surface area contributed by atoms with Gasteiger partial charge in [-0.05, 0) is 39.7 Å². The second kappa shape index (κ2) is 5.73. The minimum atomic E-state index is 0.416. The number of nitrogens with zero attached hydrogens (tertiary/aromatic N) is 1. The molecular formula is C13H13BrN2O2. The molecule has 0 saturated carbocycles. The number of benzene rings is 1. The van der Waals surface area contributed by atoms with Gasteiger partial charge in [-0.25, -0.2) is 0 Å². The Balaban J connectivity index is 2.08. The van der Waals surface area contributed by atoms with Crippen molar-refractivity contribution < 1.29 is 9.47 Å². The van der Waals surface area contributed by atoms with Gasteiger partial charge in [0.2, 0.25) is 0 Å². The Morgan fingerprint density at radius 3 is 2.72 bits per heavy atom. The van der Waals surface area contributed by atoms with Gasteiger partial charge < -0.3 is 15.2 Å². The minimum absolute atomic E-state index is 0.416. The summed E-state index contributed by atoms with van der Waals surface area (Å²) in [5, 5.41) is 0. The molecule has 4 nitrogen and oxygen atoms in total. The van der Waals surface area contributed by atoms with Crippen LogP contribution < -0.4 is 15.2 Å². The van der Waals surface area contributed by atoms with E-state index in [1.165, 1.54) is 0 Å². The number of hydrogen-bond acceptors (Lipinski definition) is 4.